The number of aliphatic carboxylic acids is 1. The van der Waals surface area contributed by atoms with Gasteiger partial charge < -0.3 is 14.7 Å². The Morgan fingerprint density at radius 3 is 2.96 bits per heavy atom. The SMILES string of the molecule is O=C(O)CC[C@H]1CCCN(C(=O)[C@@H]2OCCc3ccccc32)C1. The molecular weight excluding hydrogens is 294 g/mol. The van der Waals surface area contributed by atoms with Gasteiger partial charge in [-0.1, -0.05) is 24.3 Å². The topological polar surface area (TPSA) is 66.8 Å². The van der Waals surface area contributed by atoms with E-state index < -0.39 is 12.1 Å². The Labute approximate surface area is 136 Å². The van der Waals surface area contributed by atoms with Crippen molar-refractivity contribution in [1.82, 2.24) is 4.90 Å². The molecule has 3 rings (SSSR count). The molecule has 23 heavy (non-hydrogen) atoms. The maximum absolute atomic E-state index is 12.9. The summed E-state index contributed by atoms with van der Waals surface area (Å²) in [6.07, 6.45) is 3.10. The maximum atomic E-state index is 12.9. The van der Waals surface area contributed by atoms with Crippen LogP contribution in [-0.2, 0) is 20.7 Å². The van der Waals surface area contributed by atoms with E-state index in [1.807, 2.05) is 23.1 Å². The maximum Gasteiger partial charge on any atom is 0.303 e. The summed E-state index contributed by atoms with van der Waals surface area (Å²) in [6.45, 7) is 1.96. The summed E-state index contributed by atoms with van der Waals surface area (Å²) < 4.78 is 5.77. The van der Waals surface area contributed by atoms with E-state index in [2.05, 4.69) is 6.07 Å². The van der Waals surface area contributed by atoms with E-state index in [0.29, 0.717) is 19.6 Å². The van der Waals surface area contributed by atoms with Crippen molar-refractivity contribution in [1.29, 1.82) is 0 Å². The van der Waals surface area contributed by atoms with Gasteiger partial charge in [0.2, 0.25) is 0 Å². The fraction of sp³-hybridized carbons (Fsp3) is 0.556. The van der Waals surface area contributed by atoms with Crippen LogP contribution in [0.5, 0.6) is 0 Å². The van der Waals surface area contributed by atoms with Crippen molar-refractivity contribution in [3.8, 4) is 0 Å². The van der Waals surface area contributed by atoms with Crippen LogP contribution in [0.15, 0.2) is 24.3 Å². The Morgan fingerprint density at radius 2 is 2.13 bits per heavy atom. The Balaban J connectivity index is 1.67. The lowest BCUT2D eigenvalue weighted by molar-refractivity contribution is -0.147. The summed E-state index contributed by atoms with van der Waals surface area (Å²) in [4.78, 5) is 25.5. The molecule has 0 aromatic heterocycles. The number of hydrogen-bond acceptors (Lipinski definition) is 3. The molecule has 0 spiro atoms. The fourth-order valence-corrected chi connectivity index (χ4v) is 3.59. The molecular formula is C18H23NO4. The minimum Gasteiger partial charge on any atom is -0.481 e. The van der Waals surface area contributed by atoms with Crippen LogP contribution in [0.2, 0.25) is 0 Å². The first-order valence-electron chi connectivity index (χ1n) is 8.35. The van der Waals surface area contributed by atoms with Gasteiger partial charge in [-0.25, -0.2) is 0 Å². The normalized spacial score (nSPS) is 24.1. The molecule has 0 radical (unpaired) electrons. The van der Waals surface area contributed by atoms with Crippen molar-refractivity contribution in [2.24, 2.45) is 5.92 Å². The highest BCUT2D eigenvalue weighted by Crippen LogP contribution is 2.30. The molecule has 0 unspecified atom stereocenters. The average Bonchev–Trinajstić information content (AvgIpc) is 2.59. The quantitative estimate of drug-likeness (QED) is 0.926. The number of benzene rings is 1. The predicted octanol–water partition coefficient (Wildman–Crippen LogP) is 2.40. The van der Waals surface area contributed by atoms with E-state index in [9.17, 15) is 9.59 Å². The monoisotopic (exact) mass is 317 g/mol. The smallest absolute Gasteiger partial charge is 0.303 e. The Hall–Kier alpha value is -1.88. The van der Waals surface area contributed by atoms with Crippen molar-refractivity contribution in [2.45, 2.75) is 38.2 Å². The van der Waals surface area contributed by atoms with Crippen LogP contribution in [0, 0.1) is 5.92 Å². The lowest BCUT2D eigenvalue weighted by atomic mass is 9.92. The van der Waals surface area contributed by atoms with Crippen LogP contribution in [-0.4, -0.2) is 41.6 Å². The zero-order chi connectivity index (χ0) is 16.2. The molecule has 1 N–H and O–H groups in total. The molecule has 2 aliphatic heterocycles. The second kappa shape index (κ2) is 7.13. The summed E-state index contributed by atoms with van der Waals surface area (Å²) >= 11 is 0. The van der Waals surface area contributed by atoms with Gasteiger partial charge >= 0.3 is 5.97 Å². The first-order valence-corrected chi connectivity index (χ1v) is 8.35. The zero-order valence-electron chi connectivity index (χ0n) is 13.2. The Bertz CT molecular complexity index is 586. The van der Waals surface area contributed by atoms with Crippen molar-refractivity contribution >= 4 is 11.9 Å². The second-order valence-electron chi connectivity index (χ2n) is 6.42. The van der Waals surface area contributed by atoms with E-state index in [1.54, 1.807) is 0 Å². The van der Waals surface area contributed by atoms with Crippen LogP contribution in [0.25, 0.3) is 0 Å². The van der Waals surface area contributed by atoms with E-state index in [0.717, 1.165) is 31.4 Å². The van der Waals surface area contributed by atoms with Crippen LogP contribution in [0.3, 0.4) is 0 Å². The second-order valence-corrected chi connectivity index (χ2v) is 6.42. The molecule has 2 aliphatic rings. The van der Waals surface area contributed by atoms with Crippen LogP contribution in [0.4, 0.5) is 0 Å². The van der Waals surface area contributed by atoms with E-state index >= 15 is 0 Å². The number of carboxylic acid groups (broad SMARTS) is 1. The summed E-state index contributed by atoms with van der Waals surface area (Å²) in [5.41, 5.74) is 2.17. The molecule has 1 saturated heterocycles. The number of hydrogen-bond donors (Lipinski definition) is 1. The lowest BCUT2D eigenvalue weighted by Crippen LogP contribution is -2.44. The van der Waals surface area contributed by atoms with Gasteiger partial charge in [0.1, 0.15) is 0 Å². The molecule has 124 valence electrons. The number of carbonyl (C=O) groups excluding carboxylic acids is 1. The third kappa shape index (κ3) is 3.72. The molecule has 1 aromatic carbocycles. The van der Waals surface area contributed by atoms with E-state index in [4.69, 9.17) is 9.84 Å². The van der Waals surface area contributed by atoms with Crippen molar-refractivity contribution < 1.29 is 19.4 Å². The number of rotatable bonds is 4. The van der Waals surface area contributed by atoms with Gasteiger partial charge in [0.15, 0.2) is 6.10 Å². The summed E-state index contributed by atoms with van der Waals surface area (Å²) in [5.74, 6) is -0.460. The number of amides is 1. The van der Waals surface area contributed by atoms with Gasteiger partial charge in [-0.05, 0) is 42.7 Å². The predicted molar refractivity (Wildman–Crippen MR) is 85.0 cm³/mol. The van der Waals surface area contributed by atoms with Crippen molar-refractivity contribution in [3.05, 3.63) is 35.4 Å². The van der Waals surface area contributed by atoms with Crippen LogP contribution < -0.4 is 0 Å². The van der Waals surface area contributed by atoms with Gasteiger partial charge in [-0.15, -0.1) is 0 Å². The van der Waals surface area contributed by atoms with Gasteiger partial charge in [0, 0.05) is 19.5 Å². The van der Waals surface area contributed by atoms with Gasteiger partial charge in [0.05, 0.1) is 6.61 Å². The van der Waals surface area contributed by atoms with Gasteiger partial charge in [-0.2, -0.15) is 0 Å². The zero-order valence-corrected chi connectivity index (χ0v) is 13.2. The van der Waals surface area contributed by atoms with E-state index in [1.165, 1.54) is 5.56 Å². The third-order valence-electron chi connectivity index (χ3n) is 4.81. The third-order valence-corrected chi connectivity index (χ3v) is 4.81. The number of ether oxygens (including phenoxy) is 1. The van der Waals surface area contributed by atoms with Crippen molar-refractivity contribution in [2.75, 3.05) is 19.7 Å². The molecule has 0 bridgehead atoms. The molecule has 5 heteroatoms. The number of carbonyl (C=O) groups is 2. The van der Waals surface area contributed by atoms with E-state index in [-0.39, 0.29) is 18.2 Å². The highest BCUT2D eigenvalue weighted by atomic mass is 16.5. The minimum absolute atomic E-state index is 0.0252. The highest BCUT2D eigenvalue weighted by Gasteiger charge is 2.33. The first kappa shape index (κ1) is 16.0. The molecule has 0 saturated carbocycles. The Morgan fingerprint density at radius 1 is 1.30 bits per heavy atom. The van der Waals surface area contributed by atoms with Gasteiger partial charge in [-0.3, -0.25) is 9.59 Å². The molecule has 1 fully saturated rings. The number of piperidine rings is 1. The lowest BCUT2D eigenvalue weighted by Gasteiger charge is -2.36. The standard InChI is InChI=1S/C18H23NO4/c20-16(21)8-7-13-4-3-10-19(12-13)18(22)17-15-6-2-1-5-14(15)9-11-23-17/h1-2,5-6,13,17H,3-4,7-12H2,(H,20,21)/t13-,17-/m1/s1. The molecule has 1 aromatic rings. The molecule has 1 amide bonds. The van der Waals surface area contributed by atoms with Crippen LogP contribution >= 0.6 is 0 Å². The number of carboxylic acids is 1. The molecule has 5 nitrogen and oxygen atoms in total. The summed E-state index contributed by atoms with van der Waals surface area (Å²) in [5, 5.41) is 8.83. The van der Waals surface area contributed by atoms with Crippen LogP contribution in [0.1, 0.15) is 42.9 Å². The molecule has 2 atom stereocenters. The number of likely N-dealkylation sites (tertiary alicyclic amines) is 1. The number of nitrogens with zero attached hydrogens (tertiary/aromatic N) is 1. The number of fused-ring (bicyclic) bond motifs is 1. The average molecular weight is 317 g/mol. The van der Waals surface area contributed by atoms with Gasteiger partial charge in [0.25, 0.3) is 5.91 Å². The minimum atomic E-state index is -0.766. The summed E-state index contributed by atoms with van der Waals surface area (Å²) in [7, 11) is 0. The molecule has 0 aliphatic carbocycles. The van der Waals surface area contributed by atoms with Crippen molar-refractivity contribution in [3.63, 3.8) is 0 Å². The first-order chi connectivity index (χ1) is 11.1. The summed E-state index contributed by atoms with van der Waals surface area (Å²) in [6, 6.07) is 7.97. The Kier molecular flexibility index (Phi) is 4.96. The highest BCUT2D eigenvalue weighted by molar-refractivity contribution is 5.83. The largest absolute Gasteiger partial charge is 0.481 e. The fourth-order valence-electron chi connectivity index (χ4n) is 3.59. The molecule has 2 heterocycles.